The Bertz CT molecular complexity index is 533. The molecule has 120 valence electrons. The van der Waals surface area contributed by atoms with Gasteiger partial charge in [-0.2, -0.15) is 0 Å². The first kappa shape index (κ1) is 17.9. The van der Waals surface area contributed by atoms with Crippen LogP contribution >= 0.6 is 0 Å². The minimum absolute atomic E-state index is 0.376. The van der Waals surface area contributed by atoms with Gasteiger partial charge < -0.3 is 10.1 Å². The minimum Gasteiger partial charge on any atom is -0.385 e. The van der Waals surface area contributed by atoms with Crippen molar-refractivity contribution >= 4 is 15.7 Å². The molecule has 0 aliphatic heterocycles. The Morgan fingerprint density at radius 1 is 1.14 bits per heavy atom. The lowest BCUT2D eigenvalue weighted by molar-refractivity contribution is 0.146. The summed E-state index contributed by atoms with van der Waals surface area (Å²) < 4.78 is 32.6. The van der Waals surface area contributed by atoms with E-state index in [1.54, 1.807) is 0 Å². The first-order chi connectivity index (χ1) is 9.92. The van der Waals surface area contributed by atoms with Crippen molar-refractivity contribution in [1.29, 1.82) is 0 Å². The fourth-order valence-electron chi connectivity index (χ4n) is 2.28. The Labute approximate surface area is 128 Å². The second-order valence-electron chi connectivity index (χ2n) is 4.92. The summed E-state index contributed by atoms with van der Waals surface area (Å²) in [6.45, 7) is 9.98. The maximum absolute atomic E-state index is 12.4. The average Bonchev–Trinajstić information content (AvgIpc) is 2.37. The Morgan fingerprint density at radius 2 is 1.76 bits per heavy atom. The number of hydrogen-bond donors (Lipinski definition) is 2. The fourth-order valence-corrected chi connectivity index (χ4v) is 3.80. The molecule has 2 N–H and O–H groups in total. The predicted molar refractivity (Wildman–Crippen MR) is 86.4 cm³/mol. The van der Waals surface area contributed by atoms with Crippen LogP contribution in [-0.2, 0) is 14.8 Å². The number of hydrogen-bond acceptors (Lipinski definition) is 4. The molecule has 0 saturated carbocycles. The first-order valence-electron chi connectivity index (χ1n) is 7.34. The van der Waals surface area contributed by atoms with Crippen molar-refractivity contribution in [3.05, 3.63) is 23.3 Å². The van der Waals surface area contributed by atoms with Gasteiger partial charge in [0, 0.05) is 32.0 Å². The minimum atomic E-state index is -3.47. The number of rotatable bonds is 9. The average molecular weight is 314 g/mol. The quantitative estimate of drug-likeness (QED) is 0.687. The molecule has 0 unspecified atom stereocenters. The van der Waals surface area contributed by atoms with E-state index in [0.29, 0.717) is 31.1 Å². The molecule has 0 aromatic heterocycles. The van der Waals surface area contributed by atoms with Crippen LogP contribution in [0, 0.1) is 13.8 Å². The summed E-state index contributed by atoms with van der Waals surface area (Å²) in [5.41, 5.74) is 2.45. The second kappa shape index (κ2) is 8.36. The van der Waals surface area contributed by atoms with Crippen LogP contribution in [0.2, 0.25) is 0 Å². The predicted octanol–water partition coefficient (Wildman–Crippen LogP) is 2.44. The number of nitrogens with one attached hydrogen (secondary N) is 2. The molecule has 0 radical (unpaired) electrons. The molecule has 0 saturated heterocycles. The summed E-state index contributed by atoms with van der Waals surface area (Å²) in [6.07, 6.45) is 0.667. The lowest BCUT2D eigenvalue weighted by Crippen LogP contribution is -2.27. The molecule has 0 atom stereocenters. The highest BCUT2D eigenvalue weighted by molar-refractivity contribution is 7.89. The molecular formula is C15H26N2O3S. The molecule has 0 amide bonds. The van der Waals surface area contributed by atoms with Gasteiger partial charge in [0.1, 0.15) is 0 Å². The van der Waals surface area contributed by atoms with Crippen LogP contribution in [0.15, 0.2) is 17.0 Å². The van der Waals surface area contributed by atoms with Crippen molar-refractivity contribution in [3.8, 4) is 0 Å². The molecule has 0 spiro atoms. The number of ether oxygens (including phenoxy) is 1. The lowest BCUT2D eigenvalue weighted by Gasteiger charge is -2.14. The summed E-state index contributed by atoms with van der Waals surface area (Å²) in [6, 6.07) is 3.73. The molecule has 0 heterocycles. The van der Waals surface area contributed by atoms with Gasteiger partial charge in [0.2, 0.25) is 10.0 Å². The molecule has 0 aliphatic rings. The summed E-state index contributed by atoms with van der Waals surface area (Å²) in [5, 5.41) is 3.20. The SMILES string of the molecule is CCNc1cc(C)c(S(=O)(=O)NCCCOCC)c(C)c1. The summed E-state index contributed by atoms with van der Waals surface area (Å²) >= 11 is 0. The van der Waals surface area contributed by atoms with Crippen molar-refractivity contribution in [2.24, 2.45) is 0 Å². The van der Waals surface area contributed by atoms with Gasteiger partial charge in [0.15, 0.2) is 0 Å². The highest BCUT2D eigenvalue weighted by Crippen LogP contribution is 2.24. The molecule has 1 aromatic carbocycles. The van der Waals surface area contributed by atoms with Crippen LogP contribution < -0.4 is 10.0 Å². The van der Waals surface area contributed by atoms with Gasteiger partial charge in [0.05, 0.1) is 4.90 Å². The van der Waals surface area contributed by atoms with Crippen molar-refractivity contribution in [2.75, 3.05) is 31.6 Å². The number of benzene rings is 1. The van der Waals surface area contributed by atoms with Crippen LogP contribution in [0.3, 0.4) is 0 Å². The van der Waals surface area contributed by atoms with Crippen LogP contribution in [0.1, 0.15) is 31.4 Å². The molecule has 0 bridgehead atoms. The van der Waals surface area contributed by atoms with Gasteiger partial charge in [-0.15, -0.1) is 0 Å². The molecule has 21 heavy (non-hydrogen) atoms. The molecular weight excluding hydrogens is 288 g/mol. The van der Waals surface area contributed by atoms with Gasteiger partial charge in [0.25, 0.3) is 0 Å². The zero-order chi connectivity index (χ0) is 15.9. The smallest absolute Gasteiger partial charge is 0.241 e. The van der Waals surface area contributed by atoms with Crippen LogP contribution in [0.4, 0.5) is 5.69 Å². The van der Waals surface area contributed by atoms with E-state index in [-0.39, 0.29) is 0 Å². The van der Waals surface area contributed by atoms with E-state index < -0.39 is 10.0 Å². The van der Waals surface area contributed by atoms with Gasteiger partial charge in [-0.1, -0.05) is 0 Å². The molecule has 5 nitrogen and oxygen atoms in total. The summed E-state index contributed by atoms with van der Waals surface area (Å²) in [4.78, 5) is 0.376. The largest absolute Gasteiger partial charge is 0.385 e. The van der Waals surface area contributed by atoms with Crippen LogP contribution in [0.25, 0.3) is 0 Å². The third kappa shape index (κ3) is 5.30. The number of sulfonamides is 1. The van der Waals surface area contributed by atoms with Gasteiger partial charge in [-0.3, -0.25) is 0 Å². The van der Waals surface area contributed by atoms with E-state index in [0.717, 1.165) is 23.4 Å². The normalized spacial score (nSPS) is 11.6. The van der Waals surface area contributed by atoms with Crippen molar-refractivity contribution < 1.29 is 13.2 Å². The van der Waals surface area contributed by atoms with Crippen molar-refractivity contribution in [2.45, 2.75) is 39.0 Å². The van der Waals surface area contributed by atoms with Crippen molar-refractivity contribution in [1.82, 2.24) is 4.72 Å². The summed E-state index contributed by atoms with van der Waals surface area (Å²) in [7, 11) is -3.47. The maximum Gasteiger partial charge on any atom is 0.241 e. The van der Waals surface area contributed by atoms with Crippen molar-refractivity contribution in [3.63, 3.8) is 0 Å². The Balaban J connectivity index is 2.83. The number of aryl methyl sites for hydroxylation is 2. The zero-order valence-corrected chi connectivity index (χ0v) is 14.1. The van der Waals surface area contributed by atoms with E-state index >= 15 is 0 Å². The fraction of sp³-hybridized carbons (Fsp3) is 0.600. The van der Waals surface area contributed by atoms with Crippen LogP contribution in [-0.4, -0.2) is 34.7 Å². The van der Waals surface area contributed by atoms with Gasteiger partial charge in [-0.05, 0) is 57.4 Å². The molecule has 1 aromatic rings. The number of anilines is 1. The van der Waals surface area contributed by atoms with Crippen LogP contribution in [0.5, 0.6) is 0 Å². The molecule has 6 heteroatoms. The standard InChI is InChI=1S/C15H26N2O3S/c1-5-16-14-10-12(3)15(13(4)11-14)21(18,19)17-8-7-9-20-6-2/h10-11,16-17H,5-9H2,1-4H3. The zero-order valence-electron chi connectivity index (χ0n) is 13.3. The van der Waals surface area contributed by atoms with Gasteiger partial charge >= 0.3 is 0 Å². The lowest BCUT2D eigenvalue weighted by atomic mass is 10.1. The Morgan fingerprint density at radius 3 is 2.29 bits per heavy atom. The summed E-state index contributed by atoms with van der Waals surface area (Å²) in [5.74, 6) is 0. The van der Waals surface area contributed by atoms with E-state index in [4.69, 9.17) is 4.74 Å². The molecule has 0 fully saturated rings. The van der Waals surface area contributed by atoms with E-state index in [1.165, 1.54) is 0 Å². The topological polar surface area (TPSA) is 67.4 Å². The van der Waals surface area contributed by atoms with E-state index in [1.807, 2.05) is 39.8 Å². The highest BCUT2D eigenvalue weighted by Gasteiger charge is 2.19. The Kier molecular flexibility index (Phi) is 7.14. The van der Waals surface area contributed by atoms with E-state index in [2.05, 4.69) is 10.0 Å². The second-order valence-corrected chi connectivity index (χ2v) is 6.62. The van der Waals surface area contributed by atoms with Gasteiger partial charge in [-0.25, -0.2) is 13.1 Å². The first-order valence-corrected chi connectivity index (χ1v) is 8.83. The van der Waals surface area contributed by atoms with E-state index in [9.17, 15) is 8.42 Å². The maximum atomic E-state index is 12.4. The Hall–Kier alpha value is -1.11. The third-order valence-corrected chi connectivity index (χ3v) is 4.84. The molecule has 1 rings (SSSR count). The third-order valence-electron chi connectivity index (χ3n) is 3.07. The molecule has 0 aliphatic carbocycles. The monoisotopic (exact) mass is 314 g/mol. The highest BCUT2D eigenvalue weighted by atomic mass is 32.2.